The molecule has 0 atom stereocenters. The van der Waals surface area contributed by atoms with Crippen LogP contribution >= 0.6 is 11.3 Å². The van der Waals surface area contributed by atoms with Gasteiger partial charge in [0.25, 0.3) is 11.8 Å². The predicted octanol–water partition coefficient (Wildman–Crippen LogP) is 3.83. The number of amides is 2. The minimum atomic E-state index is -0.166. The lowest BCUT2D eigenvalue weighted by Gasteiger charge is -2.14. The molecule has 0 saturated carbocycles. The molecule has 0 bridgehead atoms. The molecule has 9 heteroatoms. The highest BCUT2D eigenvalue weighted by Gasteiger charge is 2.28. The van der Waals surface area contributed by atoms with E-state index in [1.807, 2.05) is 35.2 Å². The third-order valence-corrected chi connectivity index (χ3v) is 6.74. The highest BCUT2D eigenvalue weighted by molar-refractivity contribution is 7.12. The molecule has 0 unspecified atom stereocenters. The van der Waals surface area contributed by atoms with Crippen molar-refractivity contribution in [3.63, 3.8) is 0 Å². The van der Waals surface area contributed by atoms with Gasteiger partial charge < -0.3 is 24.5 Å². The monoisotopic (exact) mass is 449 g/mol. The Morgan fingerprint density at radius 3 is 2.66 bits per heavy atom. The first-order valence-corrected chi connectivity index (χ1v) is 11.3. The summed E-state index contributed by atoms with van der Waals surface area (Å²) >= 11 is 1.38. The number of rotatable bonds is 4. The van der Waals surface area contributed by atoms with Crippen LogP contribution < -0.4 is 5.32 Å². The summed E-state index contributed by atoms with van der Waals surface area (Å²) in [5, 5.41) is 15.7. The number of fused-ring (bicyclic) bond motifs is 1. The number of hydrogen-bond acceptors (Lipinski definition) is 5. The Kier molecular flexibility index (Phi) is 4.97. The Bertz CT molecular complexity index is 1330. The summed E-state index contributed by atoms with van der Waals surface area (Å²) in [7, 11) is 3.66. The van der Waals surface area contributed by atoms with Crippen LogP contribution in [0.2, 0.25) is 0 Å². The number of imidazole rings is 1. The summed E-state index contributed by atoms with van der Waals surface area (Å²) in [6.07, 6.45) is 3.64. The van der Waals surface area contributed by atoms with Crippen LogP contribution in [0.5, 0.6) is 5.75 Å². The van der Waals surface area contributed by atoms with Crippen LogP contribution in [-0.4, -0.2) is 49.0 Å². The maximum absolute atomic E-state index is 12.9. The van der Waals surface area contributed by atoms with E-state index in [0.717, 1.165) is 31.4 Å². The average Bonchev–Trinajstić information content (AvgIpc) is 3.56. The lowest BCUT2D eigenvalue weighted by Crippen LogP contribution is -2.27. The third kappa shape index (κ3) is 3.34. The van der Waals surface area contributed by atoms with Gasteiger partial charge in [0, 0.05) is 39.1 Å². The molecular weight excluding hydrogens is 426 g/mol. The first kappa shape index (κ1) is 20.3. The fraction of sp³-hybridized carbons (Fsp3) is 0.261. The number of nitrogens with zero attached hydrogens (tertiary/aromatic N) is 4. The Labute approximate surface area is 188 Å². The van der Waals surface area contributed by atoms with E-state index in [4.69, 9.17) is 4.98 Å². The number of anilines is 1. The largest absolute Gasteiger partial charge is 0.505 e. The van der Waals surface area contributed by atoms with Crippen molar-refractivity contribution in [3.05, 3.63) is 52.3 Å². The van der Waals surface area contributed by atoms with Crippen molar-refractivity contribution < 1.29 is 14.7 Å². The molecule has 2 N–H and O–H groups in total. The van der Waals surface area contributed by atoms with Gasteiger partial charge in [-0.1, -0.05) is 6.07 Å². The Balaban J connectivity index is 1.50. The van der Waals surface area contributed by atoms with E-state index < -0.39 is 0 Å². The molecular formula is C23H23N5O3S. The Morgan fingerprint density at radius 2 is 1.94 bits per heavy atom. The van der Waals surface area contributed by atoms with Crippen LogP contribution in [0.4, 0.5) is 5.69 Å². The fourth-order valence-electron chi connectivity index (χ4n) is 4.21. The zero-order valence-electron chi connectivity index (χ0n) is 17.8. The second kappa shape index (κ2) is 7.83. The molecule has 1 aliphatic rings. The number of nitrogens with one attached hydrogen (secondary N) is 1. The molecule has 5 rings (SSSR count). The molecule has 4 aromatic rings. The number of benzene rings is 1. The van der Waals surface area contributed by atoms with E-state index in [9.17, 15) is 14.7 Å². The molecule has 2 amide bonds. The summed E-state index contributed by atoms with van der Waals surface area (Å²) < 4.78 is 3.61. The highest BCUT2D eigenvalue weighted by Crippen LogP contribution is 2.36. The third-order valence-electron chi connectivity index (χ3n) is 5.87. The standard InChI is InChI=1S/C23H23N5O3S/c1-26-13-15(23(31)28-9-3-4-10-28)20(29)19(26)21-25-16-12-14(7-8-17(16)27(21)2)24-22(30)18-6-5-11-32-18/h5-8,11-13,29H,3-4,9-10H2,1-2H3,(H,24,30). The van der Waals surface area contributed by atoms with Crippen LogP contribution in [0, 0.1) is 0 Å². The van der Waals surface area contributed by atoms with Gasteiger partial charge in [-0.2, -0.15) is 0 Å². The number of aromatic nitrogens is 3. The summed E-state index contributed by atoms with van der Waals surface area (Å²) in [6, 6.07) is 9.12. The van der Waals surface area contributed by atoms with Crippen molar-refractivity contribution >= 4 is 39.9 Å². The van der Waals surface area contributed by atoms with Crippen molar-refractivity contribution in [2.24, 2.45) is 14.1 Å². The van der Waals surface area contributed by atoms with E-state index in [0.29, 0.717) is 33.2 Å². The number of thiophene rings is 1. The minimum Gasteiger partial charge on any atom is -0.505 e. The van der Waals surface area contributed by atoms with Crippen LogP contribution in [0.15, 0.2) is 41.9 Å². The van der Waals surface area contributed by atoms with Crippen molar-refractivity contribution in [1.82, 2.24) is 19.0 Å². The average molecular weight is 450 g/mol. The lowest BCUT2D eigenvalue weighted by molar-refractivity contribution is 0.0790. The molecule has 1 aliphatic heterocycles. The second-order valence-electron chi connectivity index (χ2n) is 7.98. The zero-order chi connectivity index (χ0) is 22.4. The number of aryl methyl sites for hydroxylation is 2. The van der Waals surface area contributed by atoms with E-state index in [1.165, 1.54) is 11.3 Å². The van der Waals surface area contributed by atoms with E-state index in [2.05, 4.69) is 5.32 Å². The normalized spacial score (nSPS) is 13.8. The lowest BCUT2D eigenvalue weighted by atomic mass is 10.2. The number of hydrogen-bond donors (Lipinski definition) is 2. The maximum atomic E-state index is 12.9. The molecule has 1 fully saturated rings. The van der Waals surface area contributed by atoms with Crippen LogP contribution in [0.25, 0.3) is 22.6 Å². The number of carbonyl (C=O) groups is 2. The molecule has 164 valence electrons. The summed E-state index contributed by atoms with van der Waals surface area (Å²) in [5.74, 6) is 0.163. The van der Waals surface area contributed by atoms with E-state index in [-0.39, 0.29) is 17.6 Å². The van der Waals surface area contributed by atoms with Gasteiger partial charge in [0.05, 0.1) is 21.5 Å². The van der Waals surface area contributed by atoms with Gasteiger partial charge in [0.15, 0.2) is 11.6 Å². The first-order chi connectivity index (χ1) is 15.4. The predicted molar refractivity (Wildman–Crippen MR) is 124 cm³/mol. The topological polar surface area (TPSA) is 92.4 Å². The van der Waals surface area contributed by atoms with Crippen molar-refractivity contribution in [3.8, 4) is 17.3 Å². The van der Waals surface area contributed by atoms with Gasteiger partial charge in [0.1, 0.15) is 5.69 Å². The summed E-state index contributed by atoms with van der Waals surface area (Å²) in [6.45, 7) is 1.43. The van der Waals surface area contributed by atoms with Gasteiger partial charge >= 0.3 is 0 Å². The molecule has 0 radical (unpaired) electrons. The number of likely N-dealkylation sites (tertiary alicyclic amines) is 1. The van der Waals surface area contributed by atoms with Gasteiger partial charge in [-0.25, -0.2) is 4.98 Å². The summed E-state index contributed by atoms with van der Waals surface area (Å²) in [4.78, 5) is 32.3. The fourth-order valence-corrected chi connectivity index (χ4v) is 4.83. The number of carbonyl (C=O) groups excluding carboxylic acids is 2. The maximum Gasteiger partial charge on any atom is 0.265 e. The molecule has 3 aromatic heterocycles. The van der Waals surface area contributed by atoms with Gasteiger partial charge in [0.2, 0.25) is 0 Å². The Morgan fingerprint density at radius 1 is 1.16 bits per heavy atom. The van der Waals surface area contributed by atoms with Crippen molar-refractivity contribution in [2.45, 2.75) is 12.8 Å². The zero-order valence-corrected chi connectivity index (χ0v) is 18.6. The van der Waals surface area contributed by atoms with Crippen LogP contribution in [0.1, 0.15) is 32.9 Å². The highest BCUT2D eigenvalue weighted by atomic mass is 32.1. The SMILES string of the molecule is Cn1cc(C(=O)N2CCCC2)c(O)c1-c1nc2cc(NC(=O)c3cccs3)ccc2n1C. The molecule has 0 spiro atoms. The molecule has 8 nitrogen and oxygen atoms in total. The van der Waals surface area contributed by atoms with Gasteiger partial charge in [-0.05, 0) is 42.5 Å². The minimum absolute atomic E-state index is 0.0611. The van der Waals surface area contributed by atoms with Gasteiger partial charge in [-0.3, -0.25) is 9.59 Å². The molecule has 32 heavy (non-hydrogen) atoms. The van der Waals surface area contributed by atoms with Crippen LogP contribution in [0.3, 0.4) is 0 Å². The van der Waals surface area contributed by atoms with Crippen molar-refractivity contribution in [2.75, 3.05) is 18.4 Å². The molecule has 1 aromatic carbocycles. The molecule has 0 aliphatic carbocycles. The van der Waals surface area contributed by atoms with E-state index >= 15 is 0 Å². The first-order valence-electron chi connectivity index (χ1n) is 10.4. The van der Waals surface area contributed by atoms with Gasteiger partial charge in [-0.15, -0.1) is 11.3 Å². The van der Waals surface area contributed by atoms with Crippen molar-refractivity contribution in [1.29, 1.82) is 0 Å². The summed E-state index contributed by atoms with van der Waals surface area (Å²) in [5.41, 5.74) is 2.94. The Hall–Kier alpha value is -3.59. The van der Waals surface area contributed by atoms with E-state index in [1.54, 1.807) is 34.8 Å². The quantitative estimate of drug-likeness (QED) is 0.495. The molecule has 1 saturated heterocycles. The number of aromatic hydroxyl groups is 1. The van der Waals surface area contributed by atoms with Crippen LogP contribution in [-0.2, 0) is 14.1 Å². The molecule has 4 heterocycles. The second-order valence-corrected chi connectivity index (χ2v) is 8.93. The smallest absolute Gasteiger partial charge is 0.265 e.